The number of carbonyl (C=O) groups excluding carboxylic acids is 1. The van der Waals surface area contributed by atoms with Gasteiger partial charge >= 0.3 is 0 Å². The van der Waals surface area contributed by atoms with Crippen LogP contribution in [0.4, 0.5) is 0 Å². The number of aromatic nitrogens is 3. The summed E-state index contributed by atoms with van der Waals surface area (Å²) in [5.41, 5.74) is 10.5. The quantitative estimate of drug-likeness (QED) is 0.743. The summed E-state index contributed by atoms with van der Waals surface area (Å²) in [7, 11) is 1.81. The van der Waals surface area contributed by atoms with Gasteiger partial charge in [0, 0.05) is 42.8 Å². The number of aryl methyl sites for hydroxylation is 2. The Bertz CT molecular complexity index is 936. The minimum atomic E-state index is 0. The Kier molecular flexibility index (Phi) is 6.21. The lowest BCUT2D eigenvalue weighted by molar-refractivity contribution is -0.131. The third-order valence-electron chi connectivity index (χ3n) is 5.00. The van der Waals surface area contributed by atoms with Crippen LogP contribution in [0.3, 0.4) is 0 Å². The maximum absolute atomic E-state index is 12.4. The number of likely N-dealkylation sites (N-methyl/N-ethyl adjacent to an activating group) is 1. The Hall–Kier alpha value is -2.18. The topological polar surface area (TPSA) is 76.5 Å². The highest BCUT2D eigenvalue weighted by molar-refractivity contribution is 5.92. The lowest BCUT2D eigenvalue weighted by Gasteiger charge is -2.24. The molecule has 0 radical (unpaired) electrons. The summed E-state index contributed by atoms with van der Waals surface area (Å²) in [6.45, 7) is 6.46. The van der Waals surface area contributed by atoms with Crippen LogP contribution in [0.1, 0.15) is 30.3 Å². The van der Waals surface area contributed by atoms with E-state index in [4.69, 9.17) is 10.7 Å². The summed E-state index contributed by atoms with van der Waals surface area (Å²) in [5.74, 6) is 0.0995. The number of carbonyl (C=O) groups is 1. The molecule has 1 amide bonds. The van der Waals surface area contributed by atoms with Gasteiger partial charge in [0.2, 0.25) is 5.91 Å². The van der Waals surface area contributed by atoms with E-state index in [0.29, 0.717) is 19.4 Å². The number of hydrogen-bond donors (Lipinski definition) is 1. The smallest absolute Gasteiger partial charge is 0.222 e. The van der Waals surface area contributed by atoms with Crippen LogP contribution in [0.2, 0.25) is 0 Å². The van der Waals surface area contributed by atoms with E-state index >= 15 is 0 Å². The molecule has 1 unspecified atom stereocenters. The molecule has 2 N–H and O–H groups in total. The molecule has 0 saturated heterocycles. The molecule has 3 rings (SSSR count). The average molecular weight is 376 g/mol. The van der Waals surface area contributed by atoms with E-state index in [1.165, 1.54) is 0 Å². The van der Waals surface area contributed by atoms with Crippen LogP contribution >= 0.6 is 12.4 Å². The largest absolute Gasteiger partial charge is 0.342 e. The highest BCUT2D eigenvalue weighted by atomic mass is 35.5. The Morgan fingerprint density at radius 3 is 2.69 bits per heavy atom. The maximum atomic E-state index is 12.4. The third kappa shape index (κ3) is 3.52. The minimum absolute atomic E-state index is 0. The zero-order valence-corrected chi connectivity index (χ0v) is 16.5. The molecule has 0 aliphatic carbocycles. The second-order valence-electron chi connectivity index (χ2n) is 6.60. The van der Waals surface area contributed by atoms with Crippen molar-refractivity contribution in [3.63, 3.8) is 0 Å². The number of benzene rings is 1. The molecule has 1 atom stereocenters. The Morgan fingerprint density at radius 2 is 2.00 bits per heavy atom. The average Bonchev–Trinajstić information content (AvgIpc) is 2.99. The summed E-state index contributed by atoms with van der Waals surface area (Å²) in [6.07, 6.45) is 1.09. The number of nitrogens with two attached hydrogens (primary N) is 1. The fraction of sp³-hybridized carbons (Fsp3) is 0.421. The molecule has 1 aromatic carbocycles. The fourth-order valence-corrected chi connectivity index (χ4v) is 3.15. The molecule has 0 saturated carbocycles. The van der Waals surface area contributed by atoms with Crippen LogP contribution in [0.15, 0.2) is 24.3 Å². The molecule has 0 fully saturated rings. The zero-order chi connectivity index (χ0) is 18.1. The van der Waals surface area contributed by atoms with Crippen molar-refractivity contribution in [1.29, 1.82) is 0 Å². The number of rotatable bonds is 5. The van der Waals surface area contributed by atoms with Crippen molar-refractivity contribution in [1.82, 2.24) is 19.5 Å². The van der Waals surface area contributed by atoms with Crippen LogP contribution < -0.4 is 5.73 Å². The van der Waals surface area contributed by atoms with Gasteiger partial charge in [0.05, 0.1) is 5.52 Å². The van der Waals surface area contributed by atoms with Crippen molar-refractivity contribution in [2.24, 2.45) is 5.73 Å². The van der Waals surface area contributed by atoms with Gasteiger partial charge in [-0.1, -0.05) is 12.1 Å². The van der Waals surface area contributed by atoms with Crippen molar-refractivity contribution < 1.29 is 4.79 Å². The number of fused-ring (bicyclic) bond motifs is 3. The van der Waals surface area contributed by atoms with Gasteiger partial charge < -0.3 is 10.6 Å². The van der Waals surface area contributed by atoms with Crippen LogP contribution in [-0.4, -0.2) is 45.0 Å². The fourth-order valence-electron chi connectivity index (χ4n) is 3.15. The van der Waals surface area contributed by atoms with Crippen LogP contribution in [0.5, 0.6) is 0 Å². The molecule has 26 heavy (non-hydrogen) atoms. The summed E-state index contributed by atoms with van der Waals surface area (Å²) in [4.78, 5) is 18.8. The van der Waals surface area contributed by atoms with Crippen LogP contribution in [0.25, 0.3) is 16.6 Å². The first-order valence-electron chi connectivity index (χ1n) is 8.63. The van der Waals surface area contributed by atoms with Gasteiger partial charge in [-0.3, -0.25) is 4.79 Å². The van der Waals surface area contributed by atoms with Gasteiger partial charge in [-0.2, -0.15) is 5.10 Å². The Labute approximate surface area is 159 Å². The molecule has 0 bridgehead atoms. The molecule has 0 aliphatic rings. The lowest BCUT2D eigenvalue weighted by atomic mass is 10.1. The van der Waals surface area contributed by atoms with E-state index in [9.17, 15) is 4.79 Å². The first-order valence-corrected chi connectivity index (χ1v) is 8.63. The number of hydrogen-bond acceptors (Lipinski definition) is 4. The SMILES string of the molecule is Cc1nc2c3ccccc3nn2c(C)c1CCC(=O)N(C)C(C)CN.Cl. The molecular weight excluding hydrogens is 350 g/mol. The summed E-state index contributed by atoms with van der Waals surface area (Å²) in [5, 5.41) is 5.71. The zero-order valence-electron chi connectivity index (χ0n) is 15.7. The van der Waals surface area contributed by atoms with Gasteiger partial charge in [-0.25, -0.2) is 9.50 Å². The third-order valence-corrected chi connectivity index (χ3v) is 5.00. The van der Waals surface area contributed by atoms with Gasteiger partial charge in [0.25, 0.3) is 0 Å². The normalized spacial score (nSPS) is 12.2. The lowest BCUT2D eigenvalue weighted by Crippen LogP contribution is -2.39. The maximum Gasteiger partial charge on any atom is 0.222 e. The van der Waals surface area contributed by atoms with E-state index in [1.54, 1.807) is 11.9 Å². The molecule has 0 aliphatic heterocycles. The van der Waals surface area contributed by atoms with Gasteiger partial charge in [-0.05, 0) is 44.9 Å². The Balaban J connectivity index is 0.00000243. The molecule has 6 nitrogen and oxygen atoms in total. The van der Waals surface area contributed by atoms with Gasteiger partial charge in [-0.15, -0.1) is 12.4 Å². The number of halogens is 1. The van der Waals surface area contributed by atoms with E-state index < -0.39 is 0 Å². The number of amides is 1. The summed E-state index contributed by atoms with van der Waals surface area (Å²) in [6, 6.07) is 8.05. The van der Waals surface area contributed by atoms with Crippen molar-refractivity contribution >= 4 is 34.9 Å². The van der Waals surface area contributed by atoms with Crippen molar-refractivity contribution in [2.75, 3.05) is 13.6 Å². The van der Waals surface area contributed by atoms with Gasteiger partial charge in [0.15, 0.2) is 5.65 Å². The molecule has 0 spiro atoms. The monoisotopic (exact) mass is 375 g/mol. The minimum Gasteiger partial charge on any atom is -0.342 e. The van der Waals surface area contributed by atoms with E-state index in [1.807, 2.05) is 49.6 Å². The highest BCUT2D eigenvalue weighted by Crippen LogP contribution is 2.23. The molecular formula is C19H26ClN5O. The van der Waals surface area contributed by atoms with E-state index in [2.05, 4.69) is 5.10 Å². The van der Waals surface area contributed by atoms with Crippen molar-refractivity contribution in [3.05, 3.63) is 41.2 Å². The van der Waals surface area contributed by atoms with E-state index in [-0.39, 0.29) is 24.4 Å². The second kappa shape index (κ2) is 8.01. The van der Waals surface area contributed by atoms with Crippen molar-refractivity contribution in [3.8, 4) is 0 Å². The molecule has 2 heterocycles. The van der Waals surface area contributed by atoms with Gasteiger partial charge in [0.1, 0.15) is 0 Å². The summed E-state index contributed by atoms with van der Waals surface area (Å²) < 4.78 is 1.89. The number of nitrogens with zero attached hydrogens (tertiary/aromatic N) is 4. The standard InChI is InChI=1S/C19H25N5O.ClH/c1-12(11-20)23(4)18(25)10-9-15-13(2)21-19-16-7-5-6-8-17(16)22-24(19)14(15)3;/h5-8,12H,9-11,20H2,1-4H3;1H. The first-order chi connectivity index (χ1) is 11.9. The predicted molar refractivity (Wildman–Crippen MR) is 107 cm³/mol. The summed E-state index contributed by atoms with van der Waals surface area (Å²) >= 11 is 0. The molecule has 7 heteroatoms. The molecule has 2 aromatic heterocycles. The van der Waals surface area contributed by atoms with Crippen LogP contribution in [-0.2, 0) is 11.2 Å². The highest BCUT2D eigenvalue weighted by Gasteiger charge is 2.18. The molecule has 140 valence electrons. The first kappa shape index (κ1) is 20.1. The molecule has 3 aromatic rings. The Morgan fingerprint density at radius 1 is 1.31 bits per heavy atom. The predicted octanol–water partition coefficient (Wildman–Crippen LogP) is 2.66. The van der Waals surface area contributed by atoms with E-state index in [0.717, 1.165) is 33.5 Å². The van der Waals surface area contributed by atoms with Crippen LogP contribution in [0, 0.1) is 13.8 Å². The van der Waals surface area contributed by atoms with Crippen molar-refractivity contribution in [2.45, 2.75) is 39.7 Å². The second-order valence-corrected chi connectivity index (χ2v) is 6.60.